The van der Waals surface area contributed by atoms with Gasteiger partial charge < -0.3 is 5.11 Å². The van der Waals surface area contributed by atoms with Crippen molar-refractivity contribution in [3.8, 4) is 0 Å². The van der Waals surface area contributed by atoms with Gasteiger partial charge in [0.15, 0.2) is 0 Å². The summed E-state index contributed by atoms with van der Waals surface area (Å²) < 4.78 is 0. The minimum Gasteiger partial charge on any atom is -0.481 e. The second kappa shape index (κ2) is 9.07. The quantitative estimate of drug-likeness (QED) is 0.312. The highest BCUT2D eigenvalue weighted by Crippen LogP contribution is 2.53. The topological polar surface area (TPSA) is 102 Å². The third kappa shape index (κ3) is 5.65. The van der Waals surface area contributed by atoms with Gasteiger partial charge in [-0.3, -0.25) is 10.2 Å². The van der Waals surface area contributed by atoms with E-state index in [1.165, 1.54) is 19.3 Å². The Morgan fingerprint density at radius 2 is 1.67 bits per heavy atom. The normalized spacial score (nSPS) is 26.6. The van der Waals surface area contributed by atoms with Gasteiger partial charge in [-0.15, -0.1) is 0 Å². The fourth-order valence-electron chi connectivity index (χ4n) is 4.00. The van der Waals surface area contributed by atoms with Gasteiger partial charge in [0.1, 0.15) is 6.16 Å². The summed E-state index contributed by atoms with van der Waals surface area (Å²) in [6.45, 7) is 0. The average molecular weight is 356 g/mol. The van der Waals surface area contributed by atoms with Crippen LogP contribution in [0, 0.1) is 23.2 Å². The van der Waals surface area contributed by atoms with E-state index in [2.05, 4.69) is 0 Å². The van der Waals surface area contributed by atoms with Gasteiger partial charge in [0.2, 0.25) is 5.45 Å². The van der Waals surface area contributed by atoms with Gasteiger partial charge in [0.05, 0.1) is 5.92 Å². The highest BCUT2D eigenvalue weighted by Gasteiger charge is 2.40. The highest BCUT2D eigenvalue weighted by atomic mass is 31.2. The monoisotopic (exact) mass is 356 g/mol. The van der Waals surface area contributed by atoms with Crippen molar-refractivity contribution in [3.05, 3.63) is 12.2 Å². The molecule has 2 aliphatic rings. The number of nitrogens with one attached hydrogen (secondary N) is 1. The number of carbonyl (C=O) groups is 1. The molecule has 0 aromatic rings. The molecule has 2 aliphatic carbocycles. The first-order valence-corrected chi connectivity index (χ1v) is 11.1. The van der Waals surface area contributed by atoms with Crippen molar-refractivity contribution < 1.29 is 19.7 Å². The summed E-state index contributed by atoms with van der Waals surface area (Å²) in [7, 11) is -3.36. The third-order valence-electron chi connectivity index (χ3n) is 5.52. The van der Waals surface area contributed by atoms with Crippen molar-refractivity contribution in [1.82, 2.24) is 0 Å². The van der Waals surface area contributed by atoms with Crippen LogP contribution in [0.4, 0.5) is 0 Å². The summed E-state index contributed by atoms with van der Waals surface area (Å²) in [6.07, 6.45) is 13.4. The summed E-state index contributed by atoms with van der Waals surface area (Å²) in [6, 6.07) is 0. The second-order valence-corrected chi connectivity index (χ2v) is 9.75. The zero-order valence-corrected chi connectivity index (χ0v) is 15.3. The van der Waals surface area contributed by atoms with E-state index in [4.69, 9.17) is 5.41 Å². The van der Waals surface area contributed by atoms with E-state index in [1.807, 2.05) is 6.08 Å². The molecular formula is C18H31NO4P+. The minimum atomic E-state index is -3.36. The van der Waals surface area contributed by atoms with Gasteiger partial charge in [0.25, 0.3) is 0 Å². The number of rotatable bonds is 7. The smallest absolute Gasteiger partial charge is 0.317 e. The highest BCUT2D eigenvalue weighted by molar-refractivity contribution is 7.81. The zero-order valence-electron chi connectivity index (χ0n) is 14.4. The van der Waals surface area contributed by atoms with E-state index in [-0.39, 0.29) is 23.5 Å². The molecule has 24 heavy (non-hydrogen) atoms. The molecule has 4 N–H and O–H groups in total. The van der Waals surface area contributed by atoms with Crippen molar-refractivity contribution in [2.75, 3.05) is 6.16 Å². The molecule has 0 aliphatic heterocycles. The summed E-state index contributed by atoms with van der Waals surface area (Å²) in [5, 5.41) is 17.4. The lowest BCUT2D eigenvalue weighted by Crippen LogP contribution is -2.25. The Bertz CT molecular complexity index is 472. The van der Waals surface area contributed by atoms with Crippen molar-refractivity contribution in [1.29, 1.82) is 5.41 Å². The van der Waals surface area contributed by atoms with E-state index in [9.17, 15) is 19.7 Å². The molecule has 2 rings (SSSR count). The van der Waals surface area contributed by atoms with Crippen LogP contribution in [-0.2, 0) is 4.79 Å². The Labute approximate surface area is 145 Å². The molecule has 0 radical (unpaired) electrons. The van der Waals surface area contributed by atoms with Gasteiger partial charge in [-0.25, -0.2) is 9.79 Å². The third-order valence-corrected chi connectivity index (χ3v) is 7.29. The first-order valence-electron chi connectivity index (χ1n) is 9.21. The van der Waals surface area contributed by atoms with E-state index in [0.29, 0.717) is 18.8 Å². The maximum Gasteiger partial charge on any atom is 0.317 e. The molecule has 0 spiro atoms. The molecule has 2 unspecified atom stereocenters. The lowest BCUT2D eigenvalue weighted by atomic mass is 9.79. The van der Waals surface area contributed by atoms with Gasteiger partial charge in [-0.2, -0.15) is 0 Å². The van der Waals surface area contributed by atoms with Crippen molar-refractivity contribution in [3.63, 3.8) is 0 Å². The minimum absolute atomic E-state index is 0.0243. The predicted octanol–water partition coefficient (Wildman–Crippen LogP) is 4.21. The van der Waals surface area contributed by atoms with Crippen LogP contribution in [0.15, 0.2) is 12.2 Å². The molecule has 136 valence electrons. The van der Waals surface area contributed by atoms with E-state index in [1.54, 1.807) is 6.08 Å². The van der Waals surface area contributed by atoms with Gasteiger partial charge in [0, 0.05) is 6.42 Å². The Morgan fingerprint density at radius 1 is 1.04 bits per heavy atom. The van der Waals surface area contributed by atoms with Crippen LogP contribution in [0.3, 0.4) is 0 Å². The molecule has 2 fully saturated rings. The number of hydrogen-bond donors (Lipinski definition) is 4. The first kappa shape index (κ1) is 19.6. The zero-order chi connectivity index (χ0) is 17.6. The molecule has 5 nitrogen and oxygen atoms in total. The first-order chi connectivity index (χ1) is 11.4. The lowest BCUT2D eigenvalue weighted by molar-refractivity contribution is -0.144. The Balaban J connectivity index is 1.85. The Kier molecular flexibility index (Phi) is 7.39. The molecular weight excluding hydrogens is 325 g/mol. The van der Waals surface area contributed by atoms with Crippen LogP contribution < -0.4 is 0 Å². The lowest BCUT2D eigenvalue weighted by Gasteiger charge is -2.26. The average Bonchev–Trinajstić information content (AvgIpc) is 2.56. The van der Waals surface area contributed by atoms with Crippen molar-refractivity contribution >= 4 is 19.1 Å². The van der Waals surface area contributed by atoms with E-state index < -0.39 is 13.7 Å². The number of carboxylic acid groups (broad SMARTS) is 1. The second-order valence-electron chi connectivity index (χ2n) is 7.39. The van der Waals surface area contributed by atoms with Gasteiger partial charge >= 0.3 is 13.7 Å². The fraction of sp³-hybridized carbons (Fsp3) is 0.778. The van der Waals surface area contributed by atoms with Crippen LogP contribution >= 0.6 is 7.72 Å². The van der Waals surface area contributed by atoms with Crippen LogP contribution in [0.25, 0.3) is 0 Å². The summed E-state index contributed by atoms with van der Waals surface area (Å²) in [4.78, 5) is 31.9. The molecule has 2 atom stereocenters. The molecule has 0 amide bonds. The Morgan fingerprint density at radius 3 is 2.33 bits per heavy atom. The van der Waals surface area contributed by atoms with Crippen molar-refractivity contribution in [2.45, 2.75) is 64.2 Å². The molecule has 0 aromatic heterocycles. The largest absolute Gasteiger partial charge is 0.481 e. The molecule has 2 saturated carbocycles. The van der Waals surface area contributed by atoms with Gasteiger partial charge in [-0.1, -0.05) is 38.2 Å². The maximum absolute atomic E-state index is 11.3. The maximum atomic E-state index is 11.3. The SMILES string of the molecule is N=C(CC1CCCCC1)[P+](O)(O)CC=CC1CCCCC1C(=O)O. The van der Waals surface area contributed by atoms with Crippen LogP contribution in [-0.4, -0.2) is 32.5 Å². The van der Waals surface area contributed by atoms with Gasteiger partial charge in [-0.05, 0) is 43.6 Å². The molecule has 0 bridgehead atoms. The summed E-state index contributed by atoms with van der Waals surface area (Å²) in [5.74, 6) is -0.724. The number of carboxylic acids is 1. The number of allylic oxidation sites excluding steroid dienone is 2. The number of hydrogen-bond acceptors (Lipinski definition) is 4. The number of aliphatic carboxylic acids is 1. The molecule has 6 heteroatoms. The van der Waals surface area contributed by atoms with E-state index >= 15 is 0 Å². The molecule has 0 heterocycles. The van der Waals surface area contributed by atoms with Crippen LogP contribution in [0.5, 0.6) is 0 Å². The summed E-state index contributed by atoms with van der Waals surface area (Å²) in [5.41, 5.74) is 0.0949. The fourth-order valence-corrected chi connectivity index (χ4v) is 5.19. The standard InChI is InChI=1S/C18H30NO4P/c19-17(13-14-7-2-1-3-8-14)24(22,23)12-6-10-15-9-4-5-11-16(15)18(20)21/h6,10,14-16,19,22-23H,1-5,7-9,11-13H2/p+1. The predicted molar refractivity (Wildman–Crippen MR) is 97.4 cm³/mol. The molecule has 0 aromatic carbocycles. The van der Waals surface area contributed by atoms with Crippen molar-refractivity contribution in [2.24, 2.45) is 17.8 Å². The molecule has 0 saturated heterocycles. The summed E-state index contributed by atoms with van der Waals surface area (Å²) >= 11 is 0. The van der Waals surface area contributed by atoms with Crippen LogP contribution in [0.1, 0.15) is 64.2 Å². The Hall–Kier alpha value is -0.770. The van der Waals surface area contributed by atoms with E-state index in [0.717, 1.165) is 32.1 Å². The van der Waals surface area contributed by atoms with Crippen LogP contribution in [0.2, 0.25) is 0 Å².